The predicted molar refractivity (Wildman–Crippen MR) is 71.7 cm³/mol. The van der Waals surface area contributed by atoms with Crippen molar-refractivity contribution in [1.29, 1.82) is 0 Å². The molecule has 0 aliphatic heterocycles. The van der Waals surface area contributed by atoms with Gasteiger partial charge < -0.3 is 11.1 Å². The molecule has 3 amide bonds. The van der Waals surface area contributed by atoms with Crippen LogP contribution >= 0.6 is 0 Å². The molecule has 0 heterocycles. The van der Waals surface area contributed by atoms with Crippen LogP contribution in [0.3, 0.4) is 0 Å². The van der Waals surface area contributed by atoms with Crippen molar-refractivity contribution < 1.29 is 14.4 Å². The quantitative estimate of drug-likeness (QED) is 0.519. The van der Waals surface area contributed by atoms with E-state index in [0.29, 0.717) is 19.4 Å². The Morgan fingerprint density at radius 2 is 1.74 bits per heavy atom. The third-order valence-electron chi connectivity index (χ3n) is 2.33. The fourth-order valence-corrected chi connectivity index (χ4v) is 1.43. The van der Waals surface area contributed by atoms with Crippen LogP contribution in [0.1, 0.15) is 39.5 Å². The molecule has 0 radical (unpaired) electrons. The zero-order chi connectivity index (χ0) is 14.7. The van der Waals surface area contributed by atoms with Gasteiger partial charge in [0.15, 0.2) is 0 Å². The summed E-state index contributed by atoms with van der Waals surface area (Å²) in [6.07, 6.45) is 1.32. The standard InChI is InChI=1S/C12H24N4O3/c1-3-5-12(19)16(15-11(18)6-8-13)9-7-10(17)14-4-2/h3-9,13H2,1-2H3,(H,14,17)(H,15,18). The van der Waals surface area contributed by atoms with E-state index in [4.69, 9.17) is 5.73 Å². The minimum Gasteiger partial charge on any atom is -0.356 e. The Kier molecular flexibility index (Phi) is 9.42. The number of rotatable bonds is 8. The number of hydrogen-bond donors (Lipinski definition) is 3. The smallest absolute Gasteiger partial charge is 0.240 e. The first kappa shape index (κ1) is 17.4. The van der Waals surface area contributed by atoms with E-state index in [1.54, 1.807) is 0 Å². The highest BCUT2D eigenvalue weighted by atomic mass is 16.2. The second-order valence-corrected chi connectivity index (χ2v) is 4.07. The Hall–Kier alpha value is -1.63. The number of nitrogens with one attached hydrogen (secondary N) is 2. The molecule has 0 fully saturated rings. The highest BCUT2D eigenvalue weighted by Gasteiger charge is 2.16. The molecule has 0 aliphatic carbocycles. The fourth-order valence-electron chi connectivity index (χ4n) is 1.43. The Balaban J connectivity index is 4.37. The van der Waals surface area contributed by atoms with E-state index in [2.05, 4.69) is 10.7 Å². The second-order valence-electron chi connectivity index (χ2n) is 4.07. The number of carbonyl (C=O) groups excluding carboxylic acids is 3. The Bertz CT molecular complexity index is 307. The van der Waals surface area contributed by atoms with Crippen LogP contribution in [0.25, 0.3) is 0 Å². The number of nitrogens with zero attached hydrogens (tertiary/aromatic N) is 1. The minimum atomic E-state index is -0.317. The van der Waals surface area contributed by atoms with Crippen LogP contribution in [0, 0.1) is 0 Å². The third-order valence-corrected chi connectivity index (χ3v) is 2.33. The number of hydrazine groups is 1. The van der Waals surface area contributed by atoms with Gasteiger partial charge in [0.1, 0.15) is 0 Å². The van der Waals surface area contributed by atoms with Crippen LogP contribution < -0.4 is 16.5 Å². The number of carbonyl (C=O) groups is 3. The first-order valence-corrected chi connectivity index (χ1v) is 6.61. The molecule has 0 unspecified atom stereocenters. The largest absolute Gasteiger partial charge is 0.356 e. The molecule has 0 bridgehead atoms. The molecule has 0 aromatic carbocycles. The van der Waals surface area contributed by atoms with Gasteiger partial charge in [-0.3, -0.25) is 24.8 Å². The van der Waals surface area contributed by atoms with Crippen molar-refractivity contribution >= 4 is 17.7 Å². The van der Waals surface area contributed by atoms with Crippen LogP contribution in [0.2, 0.25) is 0 Å². The molecule has 4 N–H and O–H groups in total. The van der Waals surface area contributed by atoms with E-state index >= 15 is 0 Å². The van der Waals surface area contributed by atoms with Gasteiger partial charge in [0.2, 0.25) is 17.7 Å². The molecule has 7 nitrogen and oxygen atoms in total. The summed E-state index contributed by atoms with van der Waals surface area (Å²) in [5.74, 6) is -0.662. The number of amides is 3. The van der Waals surface area contributed by atoms with E-state index in [-0.39, 0.29) is 43.7 Å². The zero-order valence-electron chi connectivity index (χ0n) is 11.7. The van der Waals surface area contributed by atoms with Gasteiger partial charge in [-0.15, -0.1) is 0 Å². The topological polar surface area (TPSA) is 105 Å². The highest BCUT2D eigenvalue weighted by Crippen LogP contribution is 1.97. The summed E-state index contributed by atoms with van der Waals surface area (Å²) in [4.78, 5) is 34.6. The lowest BCUT2D eigenvalue weighted by Gasteiger charge is -2.23. The van der Waals surface area contributed by atoms with Crippen molar-refractivity contribution in [3.8, 4) is 0 Å². The van der Waals surface area contributed by atoms with Gasteiger partial charge in [-0.1, -0.05) is 6.92 Å². The molecule has 0 aliphatic rings. The summed E-state index contributed by atoms with van der Waals surface area (Å²) in [7, 11) is 0. The first-order chi connectivity index (χ1) is 9.04. The van der Waals surface area contributed by atoms with Gasteiger partial charge >= 0.3 is 0 Å². The number of hydrogen-bond acceptors (Lipinski definition) is 4. The van der Waals surface area contributed by atoms with Gasteiger partial charge in [0.25, 0.3) is 0 Å². The average Bonchev–Trinajstić information content (AvgIpc) is 2.35. The van der Waals surface area contributed by atoms with E-state index in [1.807, 2.05) is 13.8 Å². The van der Waals surface area contributed by atoms with Crippen molar-refractivity contribution in [2.45, 2.75) is 39.5 Å². The lowest BCUT2D eigenvalue weighted by atomic mass is 10.3. The van der Waals surface area contributed by atoms with Crippen LogP contribution in [0.15, 0.2) is 0 Å². The summed E-state index contributed by atoms with van der Waals surface area (Å²) in [6.45, 7) is 4.63. The lowest BCUT2D eigenvalue weighted by Crippen LogP contribution is -2.48. The van der Waals surface area contributed by atoms with Crippen LogP contribution in [0.4, 0.5) is 0 Å². The molecule has 19 heavy (non-hydrogen) atoms. The third kappa shape index (κ3) is 8.15. The SMILES string of the molecule is CCCC(=O)N(CCC(=O)NCC)NC(=O)CCN. The molecule has 0 saturated carbocycles. The van der Waals surface area contributed by atoms with E-state index in [1.165, 1.54) is 5.01 Å². The summed E-state index contributed by atoms with van der Waals surface area (Å²) < 4.78 is 0. The molecule has 0 saturated heterocycles. The molecule has 0 aromatic rings. The summed E-state index contributed by atoms with van der Waals surface area (Å²) in [5, 5.41) is 3.85. The lowest BCUT2D eigenvalue weighted by molar-refractivity contribution is -0.142. The van der Waals surface area contributed by atoms with Crippen molar-refractivity contribution in [1.82, 2.24) is 15.8 Å². The monoisotopic (exact) mass is 272 g/mol. The Morgan fingerprint density at radius 1 is 1.05 bits per heavy atom. The molecular formula is C12H24N4O3. The second kappa shape index (κ2) is 10.3. The van der Waals surface area contributed by atoms with E-state index < -0.39 is 0 Å². The number of nitrogens with two attached hydrogens (primary N) is 1. The first-order valence-electron chi connectivity index (χ1n) is 6.61. The zero-order valence-corrected chi connectivity index (χ0v) is 11.7. The summed E-state index contributed by atoms with van der Waals surface area (Å²) >= 11 is 0. The predicted octanol–water partition coefficient (Wildman–Crippen LogP) is -0.479. The molecular weight excluding hydrogens is 248 g/mol. The summed E-state index contributed by atoms with van der Waals surface area (Å²) in [5.41, 5.74) is 7.76. The Labute approximate surface area is 113 Å². The van der Waals surface area contributed by atoms with E-state index in [9.17, 15) is 14.4 Å². The fraction of sp³-hybridized carbons (Fsp3) is 0.750. The molecule has 0 atom stereocenters. The maximum Gasteiger partial charge on any atom is 0.240 e. The molecule has 0 spiro atoms. The van der Waals surface area contributed by atoms with Gasteiger partial charge in [-0.2, -0.15) is 0 Å². The normalized spacial score (nSPS) is 9.84. The summed E-state index contributed by atoms with van der Waals surface area (Å²) in [6, 6.07) is 0. The molecule has 7 heteroatoms. The van der Waals surface area contributed by atoms with Crippen molar-refractivity contribution in [3.63, 3.8) is 0 Å². The maximum atomic E-state index is 11.8. The van der Waals surface area contributed by atoms with Crippen molar-refractivity contribution in [3.05, 3.63) is 0 Å². The van der Waals surface area contributed by atoms with E-state index in [0.717, 1.165) is 0 Å². The van der Waals surface area contributed by atoms with Crippen molar-refractivity contribution in [2.75, 3.05) is 19.6 Å². The van der Waals surface area contributed by atoms with Gasteiger partial charge in [-0.05, 0) is 13.3 Å². The van der Waals surface area contributed by atoms with Gasteiger partial charge in [0.05, 0.1) is 6.54 Å². The molecule has 110 valence electrons. The highest BCUT2D eigenvalue weighted by molar-refractivity contribution is 5.83. The van der Waals surface area contributed by atoms with Gasteiger partial charge in [0, 0.05) is 32.4 Å². The Morgan fingerprint density at radius 3 is 2.26 bits per heavy atom. The van der Waals surface area contributed by atoms with Crippen LogP contribution in [-0.2, 0) is 14.4 Å². The maximum absolute atomic E-state index is 11.8. The van der Waals surface area contributed by atoms with Crippen molar-refractivity contribution in [2.24, 2.45) is 5.73 Å². The molecule has 0 aromatic heterocycles. The van der Waals surface area contributed by atoms with Crippen LogP contribution in [-0.4, -0.2) is 42.4 Å². The van der Waals surface area contributed by atoms with Gasteiger partial charge in [-0.25, -0.2) is 0 Å². The van der Waals surface area contributed by atoms with Crippen LogP contribution in [0.5, 0.6) is 0 Å². The minimum absolute atomic E-state index is 0.148. The average molecular weight is 272 g/mol. The molecule has 0 rings (SSSR count).